The second-order valence-electron chi connectivity index (χ2n) is 10.4. The molecule has 0 fully saturated rings. The van der Waals surface area contributed by atoms with Gasteiger partial charge in [0.1, 0.15) is 18.3 Å². The van der Waals surface area contributed by atoms with Crippen molar-refractivity contribution >= 4 is 39.3 Å². The Bertz CT molecular complexity index is 1440. The SMILES string of the molecule is CCOc1ccc(N(CC(=O)N(Cc2ccccc2C)[C@H](C)C(=O)NCC(C)C)S(=O)(=O)c2ccc(SC)cc2)cc1. The normalized spacial score (nSPS) is 12.1. The van der Waals surface area contributed by atoms with Gasteiger partial charge in [-0.1, -0.05) is 38.1 Å². The summed E-state index contributed by atoms with van der Waals surface area (Å²) < 4.78 is 34.7. The smallest absolute Gasteiger partial charge is 0.264 e. The van der Waals surface area contributed by atoms with Crippen molar-refractivity contribution < 1.29 is 22.7 Å². The number of carbonyl (C=O) groups is 2. The number of rotatable bonds is 14. The topological polar surface area (TPSA) is 96.0 Å². The summed E-state index contributed by atoms with van der Waals surface area (Å²) in [6.07, 6.45) is 1.91. The third-order valence-electron chi connectivity index (χ3n) is 6.82. The Labute approximate surface area is 254 Å². The highest BCUT2D eigenvalue weighted by Crippen LogP contribution is 2.28. The Balaban J connectivity index is 2.03. The molecule has 3 aromatic carbocycles. The van der Waals surface area contributed by atoms with E-state index in [2.05, 4.69) is 5.32 Å². The van der Waals surface area contributed by atoms with Gasteiger partial charge in [-0.05, 0) is 92.6 Å². The van der Waals surface area contributed by atoms with E-state index in [1.807, 2.05) is 58.2 Å². The number of aryl methyl sites for hydroxylation is 1. The highest BCUT2D eigenvalue weighted by atomic mass is 32.2. The summed E-state index contributed by atoms with van der Waals surface area (Å²) in [5.41, 5.74) is 2.15. The van der Waals surface area contributed by atoms with Gasteiger partial charge in [0.25, 0.3) is 10.0 Å². The minimum atomic E-state index is -4.15. The van der Waals surface area contributed by atoms with Crippen molar-refractivity contribution in [1.29, 1.82) is 0 Å². The van der Waals surface area contributed by atoms with Gasteiger partial charge in [0.2, 0.25) is 11.8 Å². The quantitative estimate of drug-likeness (QED) is 0.242. The summed E-state index contributed by atoms with van der Waals surface area (Å²) in [7, 11) is -4.15. The maximum atomic E-state index is 14.1. The molecule has 0 bridgehead atoms. The Morgan fingerprint density at radius 3 is 2.17 bits per heavy atom. The first-order valence-corrected chi connectivity index (χ1v) is 16.7. The largest absolute Gasteiger partial charge is 0.494 e. The van der Waals surface area contributed by atoms with Gasteiger partial charge in [-0.3, -0.25) is 13.9 Å². The Hall–Kier alpha value is -3.50. The van der Waals surface area contributed by atoms with E-state index in [4.69, 9.17) is 4.74 Å². The van der Waals surface area contributed by atoms with Crippen LogP contribution in [-0.2, 0) is 26.2 Å². The molecule has 42 heavy (non-hydrogen) atoms. The van der Waals surface area contributed by atoms with Crippen LogP contribution in [0, 0.1) is 12.8 Å². The lowest BCUT2D eigenvalue weighted by atomic mass is 10.1. The van der Waals surface area contributed by atoms with Crippen LogP contribution in [-0.4, -0.2) is 57.1 Å². The average molecular weight is 612 g/mol. The van der Waals surface area contributed by atoms with Gasteiger partial charge in [0, 0.05) is 18.0 Å². The fourth-order valence-corrected chi connectivity index (χ4v) is 6.11. The van der Waals surface area contributed by atoms with Crippen LogP contribution in [0.25, 0.3) is 0 Å². The molecule has 0 aliphatic heterocycles. The number of carbonyl (C=O) groups excluding carboxylic acids is 2. The van der Waals surface area contributed by atoms with E-state index >= 15 is 0 Å². The van der Waals surface area contributed by atoms with Gasteiger partial charge < -0.3 is 15.0 Å². The molecule has 0 radical (unpaired) electrons. The molecule has 1 N–H and O–H groups in total. The van der Waals surface area contributed by atoms with Gasteiger partial charge in [0.05, 0.1) is 17.2 Å². The standard InChI is InChI=1S/C32H41N3O5S2/c1-7-40-28-14-12-27(13-15-28)35(42(38,39)30-18-16-29(41-6)17-19-30)22-31(36)34(21-26-11-9-8-10-24(26)4)25(5)32(37)33-20-23(2)3/h8-19,23,25H,7,20-22H2,1-6H3,(H,33,37)/t25-/m1/s1. The Morgan fingerprint density at radius 2 is 1.60 bits per heavy atom. The fourth-order valence-electron chi connectivity index (χ4n) is 4.29. The number of sulfonamides is 1. The molecule has 3 rings (SSSR count). The number of thioether (sulfide) groups is 1. The molecule has 1 atom stereocenters. The lowest BCUT2D eigenvalue weighted by molar-refractivity contribution is -0.139. The number of nitrogens with one attached hydrogen (secondary N) is 1. The second kappa shape index (κ2) is 15.1. The van der Waals surface area contributed by atoms with Crippen LogP contribution < -0.4 is 14.4 Å². The van der Waals surface area contributed by atoms with Crippen molar-refractivity contribution in [2.24, 2.45) is 5.92 Å². The zero-order chi connectivity index (χ0) is 30.9. The Morgan fingerprint density at radius 1 is 0.952 bits per heavy atom. The lowest BCUT2D eigenvalue weighted by Crippen LogP contribution is -2.51. The number of nitrogens with zero attached hydrogens (tertiary/aromatic N) is 2. The maximum Gasteiger partial charge on any atom is 0.264 e. The molecule has 10 heteroatoms. The van der Waals surface area contributed by atoms with Crippen LogP contribution >= 0.6 is 11.8 Å². The van der Waals surface area contributed by atoms with E-state index in [1.54, 1.807) is 55.5 Å². The number of hydrogen-bond acceptors (Lipinski definition) is 6. The van der Waals surface area contributed by atoms with Gasteiger partial charge in [0.15, 0.2) is 0 Å². The van der Waals surface area contributed by atoms with E-state index < -0.39 is 28.5 Å². The highest BCUT2D eigenvalue weighted by molar-refractivity contribution is 7.98. The second-order valence-corrected chi connectivity index (χ2v) is 13.1. The highest BCUT2D eigenvalue weighted by Gasteiger charge is 2.32. The van der Waals surface area contributed by atoms with Crippen LogP contribution in [0.5, 0.6) is 5.75 Å². The minimum absolute atomic E-state index is 0.0650. The number of amides is 2. The predicted octanol–water partition coefficient (Wildman–Crippen LogP) is 5.50. The average Bonchev–Trinajstić information content (AvgIpc) is 2.98. The van der Waals surface area contributed by atoms with E-state index in [9.17, 15) is 18.0 Å². The monoisotopic (exact) mass is 611 g/mol. The first-order valence-electron chi connectivity index (χ1n) is 14.0. The van der Waals surface area contributed by atoms with Crippen molar-refractivity contribution in [2.45, 2.75) is 57.0 Å². The molecular weight excluding hydrogens is 571 g/mol. The summed E-state index contributed by atoms with van der Waals surface area (Å²) in [6, 6.07) is 20.0. The van der Waals surface area contributed by atoms with Crippen molar-refractivity contribution in [2.75, 3.05) is 30.3 Å². The zero-order valence-corrected chi connectivity index (χ0v) is 26.8. The third kappa shape index (κ3) is 8.51. The Kier molecular flexibility index (Phi) is 11.9. The molecule has 0 aliphatic carbocycles. The molecule has 0 unspecified atom stereocenters. The molecule has 226 valence electrons. The summed E-state index contributed by atoms with van der Waals surface area (Å²) in [4.78, 5) is 29.7. The van der Waals surface area contributed by atoms with Crippen molar-refractivity contribution in [1.82, 2.24) is 10.2 Å². The van der Waals surface area contributed by atoms with Crippen molar-refractivity contribution in [3.63, 3.8) is 0 Å². The number of hydrogen-bond donors (Lipinski definition) is 1. The predicted molar refractivity (Wildman–Crippen MR) is 169 cm³/mol. The van der Waals surface area contributed by atoms with Crippen LogP contribution in [0.1, 0.15) is 38.8 Å². The molecule has 0 saturated carbocycles. The molecule has 0 aliphatic rings. The van der Waals surface area contributed by atoms with Gasteiger partial charge in [-0.2, -0.15) is 0 Å². The molecule has 0 aromatic heterocycles. The van der Waals surface area contributed by atoms with Crippen LogP contribution in [0.2, 0.25) is 0 Å². The molecule has 0 saturated heterocycles. The van der Waals surface area contributed by atoms with Crippen LogP contribution in [0.15, 0.2) is 82.6 Å². The number of benzene rings is 3. The molecule has 8 nitrogen and oxygen atoms in total. The fraction of sp³-hybridized carbons (Fsp3) is 0.375. The maximum absolute atomic E-state index is 14.1. The van der Waals surface area contributed by atoms with E-state index in [1.165, 1.54) is 16.7 Å². The zero-order valence-electron chi connectivity index (χ0n) is 25.2. The first-order chi connectivity index (χ1) is 20.0. The number of ether oxygens (including phenoxy) is 1. The molecule has 3 aromatic rings. The van der Waals surface area contributed by atoms with Gasteiger partial charge in [-0.25, -0.2) is 8.42 Å². The molecule has 0 heterocycles. The third-order valence-corrected chi connectivity index (χ3v) is 9.35. The van der Waals surface area contributed by atoms with E-state index in [0.29, 0.717) is 24.6 Å². The first kappa shape index (κ1) is 33.0. The molecular formula is C32H41N3O5S2. The minimum Gasteiger partial charge on any atom is -0.494 e. The van der Waals surface area contributed by atoms with E-state index in [-0.39, 0.29) is 23.3 Å². The lowest BCUT2D eigenvalue weighted by Gasteiger charge is -2.32. The van der Waals surface area contributed by atoms with Crippen molar-refractivity contribution in [3.8, 4) is 5.75 Å². The van der Waals surface area contributed by atoms with Crippen LogP contribution in [0.4, 0.5) is 5.69 Å². The van der Waals surface area contributed by atoms with Crippen LogP contribution in [0.3, 0.4) is 0 Å². The summed E-state index contributed by atoms with van der Waals surface area (Å²) in [6.45, 7) is 10.1. The molecule has 0 spiro atoms. The van der Waals surface area contributed by atoms with Crippen molar-refractivity contribution in [3.05, 3.63) is 83.9 Å². The van der Waals surface area contributed by atoms with Gasteiger partial charge >= 0.3 is 0 Å². The summed E-state index contributed by atoms with van der Waals surface area (Å²) in [5.74, 6) is 0.0303. The van der Waals surface area contributed by atoms with Gasteiger partial charge in [-0.15, -0.1) is 11.8 Å². The van der Waals surface area contributed by atoms with E-state index in [0.717, 1.165) is 20.3 Å². The summed E-state index contributed by atoms with van der Waals surface area (Å²) >= 11 is 1.51. The molecule has 2 amide bonds. The number of anilines is 1. The summed E-state index contributed by atoms with van der Waals surface area (Å²) in [5, 5.41) is 2.91.